The fourth-order valence-corrected chi connectivity index (χ4v) is 2.27. The molecule has 0 aliphatic heterocycles. The fourth-order valence-electron chi connectivity index (χ4n) is 1.12. The maximum absolute atomic E-state index is 11.8. The molecule has 90 valence electrons. The van der Waals surface area contributed by atoms with E-state index in [-0.39, 0.29) is 17.9 Å². The topological polar surface area (TPSA) is 79.5 Å². The van der Waals surface area contributed by atoms with Crippen molar-refractivity contribution >= 4 is 16.0 Å². The van der Waals surface area contributed by atoms with Crippen molar-refractivity contribution < 1.29 is 17.9 Å². The lowest BCUT2D eigenvalue weighted by atomic mass is 10.4. The highest BCUT2D eigenvalue weighted by Crippen LogP contribution is 2.12. The van der Waals surface area contributed by atoms with Crippen molar-refractivity contribution in [3.63, 3.8) is 0 Å². The van der Waals surface area contributed by atoms with Crippen LogP contribution in [0, 0.1) is 0 Å². The van der Waals surface area contributed by atoms with Gasteiger partial charge in [0.05, 0.1) is 18.4 Å². The van der Waals surface area contributed by atoms with Gasteiger partial charge in [0.25, 0.3) is 0 Å². The largest absolute Gasteiger partial charge is 0.469 e. The zero-order valence-electron chi connectivity index (χ0n) is 9.13. The van der Waals surface area contributed by atoms with Crippen molar-refractivity contribution in [3.8, 4) is 0 Å². The Kier molecular flexibility index (Phi) is 4.08. The molecule has 0 fully saturated rings. The van der Waals surface area contributed by atoms with Crippen molar-refractivity contribution in [3.05, 3.63) is 18.5 Å². The van der Waals surface area contributed by atoms with Gasteiger partial charge in [0.15, 0.2) is 0 Å². The summed E-state index contributed by atoms with van der Waals surface area (Å²) in [5, 5.41) is 0. The number of H-pyrrole nitrogens is 1. The molecular weight excluding hydrogens is 232 g/mol. The van der Waals surface area contributed by atoms with Gasteiger partial charge < -0.3 is 9.72 Å². The molecule has 0 spiro atoms. The third-order valence-electron chi connectivity index (χ3n) is 2.14. The van der Waals surface area contributed by atoms with Gasteiger partial charge in [-0.3, -0.25) is 4.79 Å². The molecule has 0 aliphatic carbocycles. The summed E-state index contributed by atoms with van der Waals surface area (Å²) in [5.74, 6) is -0.434. The van der Waals surface area contributed by atoms with Crippen LogP contribution in [0.1, 0.15) is 6.42 Å². The molecule has 7 heteroatoms. The second-order valence-corrected chi connectivity index (χ2v) is 5.24. The fraction of sp³-hybridized carbons (Fsp3) is 0.444. The Morgan fingerprint density at radius 1 is 1.56 bits per heavy atom. The van der Waals surface area contributed by atoms with E-state index in [0.29, 0.717) is 0 Å². The molecule has 0 aromatic carbocycles. The number of hydrogen-bond donors (Lipinski definition) is 1. The monoisotopic (exact) mass is 246 g/mol. The summed E-state index contributed by atoms with van der Waals surface area (Å²) in [7, 11) is -0.816. The van der Waals surface area contributed by atoms with Crippen molar-refractivity contribution in [1.29, 1.82) is 0 Å². The Labute approximate surface area is 94.3 Å². The molecule has 0 saturated heterocycles. The van der Waals surface area contributed by atoms with E-state index < -0.39 is 16.0 Å². The van der Waals surface area contributed by atoms with Gasteiger partial charge in [-0.2, -0.15) is 0 Å². The number of esters is 1. The predicted octanol–water partition coefficient (Wildman–Crippen LogP) is 0.198. The normalized spacial score (nSPS) is 11.7. The van der Waals surface area contributed by atoms with E-state index in [9.17, 15) is 13.2 Å². The summed E-state index contributed by atoms with van der Waals surface area (Å²) in [4.78, 5) is 13.7. The molecule has 1 aromatic heterocycles. The molecular formula is C9H14N2O4S. The number of nitrogens with one attached hydrogen (secondary N) is 1. The molecule has 0 unspecified atom stereocenters. The van der Waals surface area contributed by atoms with Crippen LogP contribution in [-0.4, -0.2) is 44.4 Å². The summed E-state index contributed by atoms with van der Waals surface area (Å²) >= 11 is 0. The van der Waals surface area contributed by atoms with Gasteiger partial charge in [-0.15, -0.1) is 0 Å². The first kappa shape index (κ1) is 12.7. The minimum absolute atomic E-state index is 0.0383. The highest BCUT2D eigenvalue weighted by atomic mass is 32.2. The van der Waals surface area contributed by atoms with Gasteiger partial charge >= 0.3 is 5.97 Å². The van der Waals surface area contributed by atoms with E-state index in [2.05, 4.69) is 9.72 Å². The van der Waals surface area contributed by atoms with Gasteiger partial charge in [-0.25, -0.2) is 12.7 Å². The standard InChI is InChI=1S/C9H14N2O4S/c1-11(6-4-9(12)15-2)16(13,14)8-3-5-10-7-8/h3,5,7,10H,4,6H2,1-2H3. The van der Waals surface area contributed by atoms with Crippen molar-refractivity contribution in [2.45, 2.75) is 11.3 Å². The lowest BCUT2D eigenvalue weighted by Gasteiger charge is -2.15. The minimum Gasteiger partial charge on any atom is -0.469 e. The second-order valence-electron chi connectivity index (χ2n) is 3.20. The number of methoxy groups -OCH3 is 1. The Bertz CT molecular complexity index is 438. The highest BCUT2D eigenvalue weighted by Gasteiger charge is 2.21. The third kappa shape index (κ3) is 2.83. The molecule has 1 aromatic rings. The van der Waals surface area contributed by atoms with Crippen LogP contribution in [0.15, 0.2) is 23.4 Å². The van der Waals surface area contributed by atoms with E-state index in [1.807, 2.05) is 0 Å². The van der Waals surface area contributed by atoms with Crippen LogP contribution in [0.4, 0.5) is 0 Å². The first-order valence-corrected chi connectivity index (χ1v) is 6.08. The summed E-state index contributed by atoms with van der Waals surface area (Å²) in [6.45, 7) is 0.0974. The van der Waals surface area contributed by atoms with Crippen LogP contribution in [0.3, 0.4) is 0 Å². The van der Waals surface area contributed by atoms with Crippen LogP contribution < -0.4 is 0 Å². The van der Waals surface area contributed by atoms with E-state index in [0.717, 1.165) is 4.31 Å². The second kappa shape index (κ2) is 5.13. The van der Waals surface area contributed by atoms with E-state index in [1.165, 1.54) is 32.6 Å². The minimum atomic E-state index is -3.51. The number of carbonyl (C=O) groups is 1. The van der Waals surface area contributed by atoms with Gasteiger partial charge in [-0.1, -0.05) is 0 Å². The Balaban J connectivity index is 2.67. The molecule has 1 N–H and O–H groups in total. The Hall–Kier alpha value is -1.34. The van der Waals surface area contributed by atoms with Crippen LogP contribution in [-0.2, 0) is 19.6 Å². The zero-order chi connectivity index (χ0) is 12.2. The molecule has 0 aliphatic rings. The zero-order valence-corrected chi connectivity index (χ0v) is 9.95. The average Bonchev–Trinajstić information content (AvgIpc) is 2.78. The SMILES string of the molecule is COC(=O)CCN(C)S(=O)(=O)c1cc[nH]c1. The molecule has 0 saturated carbocycles. The maximum Gasteiger partial charge on any atom is 0.306 e. The van der Waals surface area contributed by atoms with Crippen molar-refractivity contribution in [2.75, 3.05) is 20.7 Å². The summed E-state index contributed by atoms with van der Waals surface area (Å²) < 4.78 is 29.3. The van der Waals surface area contributed by atoms with Crippen molar-refractivity contribution in [2.24, 2.45) is 0 Å². The molecule has 1 rings (SSSR count). The van der Waals surface area contributed by atoms with Crippen LogP contribution in [0.25, 0.3) is 0 Å². The molecule has 16 heavy (non-hydrogen) atoms. The van der Waals surface area contributed by atoms with Gasteiger partial charge in [-0.05, 0) is 6.07 Å². The molecule has 0 atom stereocenters. The molecule has 0 radical (unpaired) electrons. The maximum atomic E-state index is 11.8. The number of sulfonamides is 1. The number of carbonyl (C=O) groups excluding carboxylic acids is 1. The smallest absolute Gasteiger partial charge is 0.306 e. The highest BCUT2D eigenvalue weighted by molar-refractivity contribution is 7.89. The number of aromatic nitrogens is 1. The molecule has 0 amide bonds. The molecule has 0 bridgehead atoms. The average molecular weight is 246 g/mol. The van der Waals surface area contributed by atoms with E-state index in [1.54, 1.807) is 0 Å². The number of hydrogen-bond acceptors (Lipinski definition) is 4. The molecule has 1 heterocycles. The van der Waals surface area contributed by atoms with Crippen molar-refractivity contribution in [1.82, 2.24) is 9.29 Å². The number of nitrogens with zero attached hydrogens (tertiary/aromatic N) is 1. The molecule has 6 nitrogen and oxygen atoms in total. The van der Waals surface area contributed by atoms with Crippen LogP contribution in [0.2, 0.25) is 0 Å². The van der Waals surface area contributed by atoms with E-state index in [4.69, 9.17) is 0 Å². The lowest BCUT2D eigenvalue weighted by molar-refractivity contribution is -0.140. The van der Waals surface area contributed by atoms with Crippen LogP contribution in [0.5, 0.6) is 0 Å². The third-order valence-corrected chi connectivity index (χ3v) is 3.99. The van der Waals surface area contributed by atoms with Gasteiger partial charge in [0.2, 0.25) is 10.0 Å². The summed E-state index contributed by atoms with van der Waals surface area (Å²) in [6.07, 6.45) is 2.96. The van der Waals surface area contributed by atoms with Gasteiger partial charge in [0, 0.05) is 26.0 Å². The van der Waals surface area contributed by atoms with Crippen LogP contribution >= 0.6 is 0 Å². The Morgan fingerprint density at radius 3 is 2.75 bits per heavy atom. The lowest BCUT2D eigenvalue weighted by Crippen LogP contribution is -2.29. The number of rotatable bonds is 5. The quantitative estimate of drug-likeness (QED) is 0.753. The summed E-state index contributed by atoms with van der Waals surface area (Å²) in [5.41, 5.74) is 0. The Morgan fingerprint density at radius 2 is 2.25 bits per heavy atom. The van der Waals surface area contributed by atoms with Gasteiger partial charge in [0.1, 0.15) is 0 Å². The van der Waals surface area contributed by atoms with E-state index >= 15 is 0 Å². The summed E-state index contributed by atoms with van der Waals surface area (Å²) in [6, 6.07) is 1.46. The number of aromatic amines is 1. The predicted molar refractivity (Wildman–Crippen MR) is 57.2 cm³/mol. The first-order valence-electron chi connectivity index (χ1n) is 4.64. The number of ether oxygens (including phenoxy) is 1. The first-order chi connectivity index (χ1) is 7.48.